The van der Waals surface area contributed by atoms with Crippen LogP contribution in [-0.4, -0.2) is 15.7 Å². The molecule has 0 radical (unpaired) electrons. The number of hydrogen-bond donors (Lipinski definition) is 1. The van der Waals surface area contributed by atoms with Crippen molar-refractivity contribution in [3.05, 3.63) is 99.2 Å². The van der Waals surface area contributed by atoms with Gasteiger partial charge in [0.25, 0.3) is 5.91 Å². The first-order valence-corrected chi connectivity index (χ1v) is 11.6. The van der Waals surface area contributed by atoms with Crippen LogP contribution >= 0.6 is 23.2 Å². The van der Waals surface area contributed by atoms with Gasteiger partial charge in [-0.05, 0) is 65.9 Å². The molecule has 34 heavy (non-hydrogen) atoms. The van der Waals surface area contributed by atoms with Crippen molar-refractivity contribution in [2.24, 2.45) is 0 Å². The third-order valence-corrected chi connectivity index (χ3v) is 5.94. The van der Waals surface area contributed by atoms with Gasteiger partial charge in [-0.1, -0.05) is 49.2 Å². The number of aromatic nitrogens is 2. The minimum Gasteiger partial charge on any atom is -0.485 e. The highest BCUT2D eigenvalue weighted by molar-refractivity contribution is 6.31. The van der Waals surface area contributed by atoms with E-state index in [0.29, 0.717) is 28.0 Å². The molecule has 1 amide bonds. The van der Waals surface area contributed by atoms with Crippen LogP contribution in [0.15, 0.2) is 65.3 Å². The van der Waals surface area contributed by atoms with Gasteiger partial charge in [-0.3, -0.25) is 9.48 Å². The second kappa shape index (κ2) is 10.4. The fourth-order valence-electron chi connectivity index (χ4n) is 3.50. The summed E-state index contributed by atoms with van der Waals surface area (Å²) in [6.45, 7) is 6.85. The zero-order chi connectivity index (χ0) is 24.2. The highest BCUT2D eigenvalue weighted by Crippen LogP contribution is 2.32. The van der Waals surface area contributed by atoms with E-state index in [1.54, 1.807) is 29.2 Å². The van der Waals surface area contributed by atoms with E-state index >= 15 is 0 Å². The Morgan fingerprint density at radius 1 is 1.18 bits per heavy atom. The fourth-order valence-corrected chi connectivity index (χ4v) is 3.89. The normalized spacial score (nSPS) is 11.1. The topological polar surface area (TPSA) is 69.3 Å². The molecule has 0 saturated heterocycles. The summed E-state index contributed by atoms with van der Waals surface area (Å²) in [7, 11) is 0. The molecule has 0 bridgehead atoms. The van der Waals surface area contributed by atoms with Crippen LogP contribution in [-0.2, 0) is 13.2 Å². The van der Waals surface area contributed by atoms with Gasteiger partial charge in [0.05, 0.1) is 18.4 Å². The molecular weight excluding hydrogens is 473 g/mol. The number of nitrogens with zero attached hydrogens (tertiary/aromatic N) is 2. The average Bonchev–Trinajstić information content (AvgIpc) is 3.44. The number of amides is 1. The molecule has 2 aromatic carbocycles. The van der Waals surface area contributed by atoms with Gasteiger partial charge in [0, 0.05) is 16.2 Å². The summed E-state index contributed by atoms with van der Waals surface area (Å²) in [4.78, 5) is 12.6. The van der Waals surface area contributed by atoms with Gasteiger partial charge in [-0.15, -0.1) is 0 Å². The number of aryl methyl sites for hydroxylation is 1. The largest absolute Gasteiger partial charge is 0.485 e. The highest BCUT2D eigenvalue weighted by Gasteiger charge is 2.15. The van der Waals surface area contributed by atoms with Crippen molar-refractivity contribution in [3.63, 3.8) is 0 Å². The van der Waals surface area contributed by atoms with Gasteiger partial charge in [0.2, 0.25) is 0 Å². The lowest BCUT2D eigenvalue weighted by Crippen LogP contribution is -2.10. The molecule has 0 saturated carbocycles. The van der Waals surface area contributed by atoms with Crippen LogP contribution in [0, 0.1) is 6.92 Å². The molecule has 0 aliphatic heterocycles. The Kier molecular flexibility index (Phi) is 7.29. The summed E-state index contributed by atoms with van der Waals surface area (Å²) in [5.74, 6) is 1.39. The molecule has 176 valence electrons. The first-order valence-electron chi connectivity index (χ1n) is 10.9. The van der Waals surface area contributed by atoms with Crippen LogP contribution < -0.4 is 10.1 Å². The number of furan rings is 1. The predicted molar refractivity (Wildman–Crippen MR) is 134 cm³/mol. The van der Waals surface area contributed by atoms with Gasteiger partial charge >= 0.3 is 0 Å². The van der Waals surface area contributed by atoms with Gasteiger partial charge in [-0.2, -0.15) is 5.10 Å². The fraction of sp³-hybridized carbons (Fsp3) is 0.231. The molecule has 0 unspecified atom stereocenters. The molecule has 0 atom stereocenters. The maximum atomic E-state index is 12.6. The summed E-state index contributed by atoms with van der Waals surface area (Å²) in [6.07, 6.45) is 3.34. The van der Waals surface area contributed by atoms with Gasteiger partial charge in [-0.25, -0.2) is 0 Å². The quantitative estimate of drug-likeness (QED) is 0.282. The van der Waals surface area contributed by atoms with E-state index in [4.69, 9.17) is 32.4 Å². The van der Waals surface area contributed by atoms with Crippen molar-refractivity contribution in [3.8, 4) is 5.75 Å². The number of rotatable bonds is 8. The molecule has 1 N–H and O–H groups in total. The Morgan fingerprint density at radius 2 is 2.00 bits per heavy atom. The predicted octanol–water partition coefficient (Wildman–Crippen LogP) is 7.09. The van der Waals surface area contributed by atoms with Crippen molar-refractivity contribution in [2.75, 3.05) is 5.32 Å². The molecule has 4 rings (SSSR count). The van der Waals surface area contributed by atoms with E-state index < -0.39 is 0 Å². The standard InChI is InChI=1S/C26H25Cl2N3O3/c1-16(2)22-11-23(28)17(3)9-25(22)33-15-21-7-8-24(34-21)26(32)30-20-12-29-31(14-20)13-18-5-4-6-19(27)10-18/h4-12,14,16H,13,15H2,1-3H3,(H,30,32). The maximum absolute atomic E-state index is 12.6. The Bertz CT molecular complexity index is 1310. The molecule has 4 aromatic rings. The lowest BCUT2D eigenvalue weighted by Gasteiger charge is -2.15. The molecular formula is C26H25Cl2N3O3. The molecule has 0 aliphatic rings. The number of carbonyl (C=O) groups excluding carboxylic acids is 1. The highest BCUT2D eigenvalue weighted by atomic mass is 35.5. The average molecular weight is 498 g/mol. The first-order chi connectivity index (χ1) is 16.3. The summed E-state index contributed by atoms with van der Waals surface area (Å²) in [6, 6.07) is 14.8. The van der Waals surface area contributed by atoms with Crippen LogP contribution in [0.5, 0.6) is 5.75 Å². The number of carbonyl (C=O) groups is 1. The van der Waals surface area contributed by atoms with Crippen molar-refractivity contribution in [2.45, 2.75) is 39.8 Å². The molecule has 6 nitrogen and oxygen atoms in total. The zero-order valence-corrected chi connectivity index (χ0v) is 20.7. The van der Waals surface area contributed by atoms with Crippen molar-refractivity contribution < 1.29 is 13.9 Å². The lowest BCUT2D eigenvalue weighted by molar-refractivity contribution is 0.0992. The monoisotopic (exact) mass is 497 g/mol. The van der Waals surface area contributed by atoms with E-state index in [9.17, 15) is 4.79 Å². The Morgan fingerprint density at radius 3 is 2.76 bits per heavy atom. The molecule has 2 aromatic heterocycles. The minimum absolute atomic E-state index is 0.192. The van der Waals surface area contributed by atoms with E-state index in [1.165, 1.54) is 0 Å². The Labute approximate surface area is 208 Å². The number of benzene rings is 2. The van der Waals surface area contributed by atoms with E-state index in [1.807, 2.05) is 43.3 Å². The van der Waals surface area contributed by atoms with Gasteiger partial charge in [0.1, 0.15) is 18.1 Å². The second-order valence-electron chi connectivity index (χ2n) is 8.36. The SMILES string of the molecule is Cc1cc(OCc2ccc(C(=O)Nc3cnn(Cc4cccc(Cl)c4)c3)o2)c(C(C)C)cc1Cl. The molecule has 8 heteroatoms. The van der Waals surface area contributed by atoms with Crippen LogP contribution in [0.3, 0.4) is 0 Å². The van der Waals surface area contributed by atoms with E-state index in [-0.39, 0.29) is 24.2 Å². The summed E-state index contributed by atoms with van der Waals surface area (Å²) < 4.78 is 13.4. The third kappa shape index (κ3) is 5.82. The lowest BCUT2D eigenvalue weighted by atomic mass is 10.0. The van der Waals surface area contributed by atoms with Gasteiger partial charge in [0.15, 0.2) is 5.76 Å². The Balaban J connectivity index is 1.37. The number of halogens is 2. The molecule has 2 heterocycles. The van der Waals surface area contributed by atoms with Crippen molar-refractivity contribution >= 4 is 34.8 Å². The summed E-state index contributed by atoms with van der Waals surface area (Å²) in [5.41, 5.74) is 3.55. The zero-order valence-electron chi connectivity index (χ0n) is 19.1. The number of anilines is 1. The third-order valence-electron chi connectivity index (χ3n) is 5.29. The van der Waals surface area contributed by atoms with Crippen LogP contribution in [0.1, 0.15) is 52.8 Å². The molecule has 0 aliphatic carbocycles. The summed E-state index contributed by atoms with van der Waals surface area (Å²) in [5, 5.41) is 8.47. The number of ether oxygens (including phenoxy) is 1. The maximum Gasteiger partial charge on any atom is 0.291 e. The van der Waals surface area contributed by atoms with Gasteiger partial charge < -0.3 is 14.5 Å². The van der Waals surface area contributed by atoms with Crippen molar-refractivity contribution in [1.29, 1.82) is 0 Å². The number of nitrogens with one attached hydrogen (secondary N) is 1. The number of hydrogen-bond acceptors (Lipinski definition) is 4. The molecule has 0 fully saturated rings. The van der Waals surface area contributed by atoms with E-state index in [2.05, 4.69) is 24.3 Å². The second-order valence-corrected chi connectivity index (χ2v) is 9.20. The minimum atomic E-state index is -0.362. The van der Waals surface area contributed by atoms with E-state index in [0.717, 1.165) is 22.4 Å². The molecule has 0 spiro atoms. The van der Waals surface area contributed by atoms with Crippen molar-refractivity contribution in [1.82, 2.24) is 9.78 Å². The van der Waals surface area contributed by atoms with Crippen LogP contribution in [0.4, 0.5) is 5.69 Å². The van der Waals surface area contributed by atoms with Crippen LogP contribution in [0.25, 0.3) is 0 Å². The smallest absolute Gasteiger partial charge is 0.291 e. The summed E-state index contributed by atoms with van der Waals surface area (Å²) >= 11 is 12.3. The Hall–Kier alpha value is -3.22. The first kappa shape index (κ1) is 23.9. The van der Waals surface area contributed by atoms with Crippen LogP contribution in [0.2, 0.25) is 10.0 Å².